The molecule has 3 rings (SSSR count). The molecule has 0 unspecified atom stereocenters. The second-order valence-electron chi connectivity index (χ2n) is 5.29. The van der Waals surface area contributed by atoms with E-state index in [1.165, 1.54) is 4.88 Å². The zero-order valence-electron chi connectivity index (χ0n) is 12.0. The molecule has 2 aromatic heterocycles. The van der Waals surface area contributed by atoms with Gasteiger partial charge in [0.25, 0.3) is 0 Å². The van der Waals surface area contributed by atoms with Crippen molar-refractivity contribution in [3.63, 3.8) is 0 Å². The van der Waals surface area contributed by atoms with Gasteiger partial charge in [-0.15, -0.1) is 11.3 Å². The molecule has 0 bridgehead atoms. The van der Waals surface area contributed by atoms with Crippen molar-refractivity contribution in [1.82, 2.24) is 14.9 Å². The maximum absolute atomic E-state index is 12.0. The van der Waals surface area contributed by atoms with Crippen molar-refractivity contribution in [3.8, 4) is 0 Å². The average Bonchev–Trinajstić information content (AvgIpc) is 2.87. The number of rotatable bonds is 4. The highest BCUT2D eigenvalue weighted by molar-refractivity contribution is 7.15. The summed E-state index contributed by atoms with van der Waals surface area (Å²) < 4.78 is 0. The second-order valence-corrected chi connectivity index (χ2v) is 6.37. The van der Waals surface area contributed by atoms with Gasteiger partial charge in [-0.2, -0.15) is 0 Å². The summed E-state index contributed by atoms with van der Waals surface area (Å²) in [5.74, 6) is 0.0123. The molecular formula is C15H18N4OS. The Morgan fingerprint density at radius 2 is 2.43 bits per heavy atom. The molecule has 0 atom stereocenters. The first-order valence-electron chi connectivity index (χ1n) is 7.06. The number of hydrogen-bond acceptors (Lipinski definition) is 5. The van der Waals surface area contributed by atoms with Gasteiger partial charge in [0, 0.05) is 43.2 Å². The van der Waals surface area contributed by atoms with Gasteiger partial charge in [-0.25, -0.2) is 4.98 Å². The van der Waals surface area contributed by atoms with Gasteiger partial charge in [-0.05, 0) is 25.1 Å². The highest BCUT2D eigenvalue weighted by Gasteiger charge is 2.18. The Morgan fingerprint density at radius 1 is 1.52 bits per heavy atom. The molecule has 0 radical (unpaired) electrons. The van der Waals surface area contributed by atoms with Gasteiger partial charge in [0.2, 0.25) is 5.91 Å². The third kappa shape index (κ3) is 3.65. The maximum atomic E-state index is 12.0. The normalized spacial score (nSPS) is 14.7. The summed E-state index contributed by atoms with van der Waals surface area (Å²) in [7, 11) is 2.11. The Morgan fingerprint density at radius 3 is 3.24 bits per heavy atom. The van der Waals surface area contributed by atoms with E-state index in [0.29, 0.717) is 12.8 Å². The Balaban J connectivity index is 1.55. The molecule has 0 aliphatic carbocycles. The van der Waals surface area contributed by atoms with Gasteiger partial charge in [0.1, 0.15) is 0 Å². The van der Waals surface area contributed by atoms with Gasteiger partial charge in [-0.1, -0.05) is 6.07 Å². The van der Waals surface area contributed by atoms with Crippen LogP contribution in [0.3, 0.4) is 0 Å². The van der Waals surface area contributed by atoms with E-state index in [1.807, 2.05) is 12.1 Å². The van der Waals surface area contributed by atoms with E-state index >= 15 is 0 Å². The molecule has 1 amide bonds. The van der Waals surface area contributed by atoms with Gasteiger partial charge in [0.15, 0.2) is 5.13 Å². The predicted molar refractivity (Wildman–Crippen MR) is 83.3 cm³/mol. The topological polar surface area (TPSA) is 58.1 Å². The van der Waals surface area contributed by atoms with Crippen molar-refractivity contribution < 1.29 is 4.79 Å². The van der Waals surface area contributed by atoms with E-state index in [1.54, 1.807) is 23.7 Å². The van der Waals surface area contributed by atoms with Crippen LogP contribution in [0, 0.1) is 0 Å². The number of carbonyl (C=O) groups is 1. The summed E-state index contributed by atoms with van der Waals surface area (Å²) in [5.41, 5.74) is 2.22. The highest BCUT2D eigenvalue weighted by Crippen LogP contribution is 2.27. The third-order valence-corrected chi connectivity index (χ3v) is 4.53. The molecular weight excluding hydrogens is 284 g/mol. The first-order chi connectivity index (χ1) is 10.2. The largest absolute Gasteiger partial charge is 0.302 e. The zero-order chi connectivity index (χ0) is 14.7. The minimum Gasteiger partial charge on any atom is -0.302 e. The number of aromatic nitrogens is 2. The standard InChI is InChI=1S/C15H18N4OS/c1-19-8-6-12-13(10-19)21-15(17-12)18-14(20)5-4-11-3-2-7-16-9-11/h2-3,7,9H,4-6,8,10H2,1H3,(H,17,18,20). The van der Waals surface area contributed by atoms with Crippen LogP contribution in [0.2, 0.25) is 0 Å². The molecule has 1 N–H and O–H groups in total. The minimum atomic E-state index is 0.0123. The molecule has 6 heteroatoms. The van der Waals surface area contributed by atoms with Crippen LogP contribution in [0.4, 0.5) is 5.13 Å². The van der Waals surface area contributed by atoms with Gasteiger partial charge in [0.05, 0.1) is 5.69 Å². The molecule has 0 saturated heterocycles. The Bertz CT molecular complexity index is 626. The molecule has 0 aromatic carbocycles. The van der Waals surface area contributed by atoms with Crippen LogP contribution >= 0.6 is 11.3 Å². The monoisotopic (exact) mass is 302 g/mol. The number of nitrogens with one attached hydrogen (secondary N) is 1. The van der Waals surface area contributed by atoms with Crippen molar-refractivity contribution in [3.05, 3.63) is 40.7 Å². The van der Waals surface area contributed by atoms with Gasteiger partial charge in [-0.3, -0.25) is 9.78 Å². The number of carbonyl (C=O) groups excluding carboxylic acids is 1. The van der Waals surface area contributed by atoms with E-state index in [2.05, 4.69) is 27.2 Å². The fraction of sp³-hybridized carbons (Fsp3) is 0.400. The summed E-state index contributed by atoms with van der Waals surface area (Å²) in [4.78, 5) is 24.1. The van der Waals surface area contributed by atoms with E-state index in [4.69, 9.17) is 0 Å². The molecule has 5 nitrogen and oxygen atoms in total. The molecule has 21 heavy (non-hydrogen) atoms. The number of hydrogen-bond donors (Lipinski definition) is 1. The lowest BCUT2D eigenvalue weighted by Gasteiger charge is -2.20. The average molecular weight is 302 g/mol. The van der Waals surface area contributed by atoms with E-state index in [0.717, 1.165) is 35.9 Å². The molecule has 0 saturated carbocycles. The maximum Gasteiger partial charge on any atom is 0.226 e. The smallest absolute Gasteiger partial charge is 0.226 e. The highest BCUT2D eigenvalue weighted by atomic mass is 32.1. The lowest BCUT2D eigenvalue weighted by Crippen LogP contribution is -2.25. The summed E-state index contributed by atoms with van der Waals surface area (Å²) in [6.45, 7) is 1.96. The number of anilines is 1. The lowest BCUT2D eigenvalue weighted by molar-refractivity contribution is -0.116. The second kappa shape index (κ2) is 6.32. The van der Waals surface area contributed by atoms with Crippen LogP contribution in [-0.2, 0) is 24.2 Å². The van der Waals surface area contributed by atoms with Crippen LogP contribution in [0.5, 0.6) is 0 Å². The lowest BCUT2D eigenvalue weighted by atomic mass is 10.1. The number of pyridine rings is 1. The number of aryl methyl sites for hydroxylation is 1. The number of fused-ring (bicyclic) bond motifs is 1. The Hall–Kier alpha value is -1.79. The molecule has 110 valence electrons. The van der Waals surface area contributed by atoms with Gasteiger partial charge < -0.3 is 10.2 Å². The molecule has 0 fully saturated rings. The van der Waals surface area contributed by atoms with E-state index < -0.39 is 0 Å². The van der Waals surface area contributed by atoms with E-state index in [-0.39, 0.29) is 5.91 Å². The minimum absolute atomic E-state index is 0.0123. The van der Waals surface area contributed by atoms with Crippen LogP contribution in [0.1, 0.15) is 22.6 Å². The van der Waals surface area contributed by atoms with Crippen LogP contribution in [-0.4, -0.2) is 34.4 Å². The van der Waals surface area contributed by atoms with Crippen molar-refractivity contribution in [2.24, 2.45) is 0 Å². The SMILES string of the molecule is CN1CCc2nc(NC(=O)CCc3cccnc3)sc2C1. The molecule has 0 spiro atoms. The zero-order valence-corrected chi connectivity index (χ0v) is 12.8. The van der Waals surface area contributed by atoms with Gasteiger partial charge >= 0.3 is 0 Å². The number of amides is 1. The van der Waals surface area contributed by atoms with Crippen molar-refractivity contribution in [2.75, 3.05) is 18.9 Å². The summed E-state index contributed by atoms with van der Waals surface area (Å²) in [6, 6.07) is 3.87. The fourth-order valence-corrected chi connectivity index (χ4v) is 3.47. The summed E-state index contributed by atoms with van der Waals surface area (Å²) in [5, 5.41) is 3.64. The van der Waals surface area contributed by atoms with E-state index in [9.17, 15) is 4.79 Å². The Labute approximate surface area is 128 Å². The summed E-state index contributed by atoms with van der Waals surface area (Å²) in [6.07, 6.45) is 5.66. The molecule has 3 heterocycles. The quantitative estimate of drug-likeness (QED) is 0.939. The number of likely N-dealkylation sites (N-methyl/N-ethyl adjacent to an activating group) is 1. The molecule has 1 aliphatic heterocycles. The first kappa shape index (κ1) is 14.2. The first-order valence-corrected chi connectivity index (χ1v) is 7.88. The molecule has 2 aromatic rings. The fourth-order valence-electron chi connectivity index (χ4n) is 2.36. The van der Waals surface area contributed by atoms with Crippen LogP contribution < -0.4 is 5.32 Å². The van der Waals surface area contributed by atoms with Crippen LogP contribution in [0.25, 0.3) is 0 Å². The van der Waals surface area contributed by atoms with Crippen LogP contribution in [0.15, 0.2) is 24.5 Å². The third-order valence-electron chi connectivity index (χ3n) is 3.53. The Kier molecular flexibility index (Phi) is 4.26. The van der Waals surface area contributed by atoms with Crippen molar-refractivity contribution in [1.29, 1.82) is 0 Å². The molecule has 1 aliphatic rings. The number of thiazole rings is 1. The number of nitrogens with zero attached hydrogens (tertiary/aromatic N) is 3. The van der Waals surface area contributed by atoms with Crippen molar-refractivity contribution >= 4 is 22.4 Å². The predicted octanol–water partition coefficient (Wildman–Crippen LogP) is 2.10. The summed E-state index contributed by atoms with van der Waals surface area (Å²) >= 11 is 1.59. The van der Waals surface area contributed by atoms with Crippen molar-refractivity contribution in [2.45, 2.75) is 25.8 Å².